The van der Waals surface area contributed by atoms with Gasteiger partial charge in [-0.1, -0.05) is 6.92 Å². The zero-order chi connectivity index (χ0) is 10.7. The molecule has 2 aliphatic carbocycles. The van der Waals surface area contributed by atoms with Crippen LogP contribution in [0.25, 0.3) is 0 Å². The van der Waals surface area contributed by atoms with E-state index in [9.17, 15) is 0 Å². The molecule has 0 radical (unpaired) electrons. The lowest BCUT2D eigenvalue weighted by atomic mass is 10.1. The molecule has 1 atom stereocenters. The van der Waals surface area contributed by atoms with Gasteiger partial charge in [-0.05, 0) is 62.4 Å². The summed E-state index contributed by atoms with van der Waals surface area (Å²) in [4.78, 5) is 0. The zero-order valence-corrected chi connectivity index (χ0v) is 11.0. The van der Waals surface area contributed by atoms with Crippen LogP contribution in [0.4, 0.5) is 0 Å². The molecule has 0 aromatic rings. The van der Waals surface area contributed by atoms with E-state index in [2.05, 4.69) is 30.9 Å². The van der Waals surface area contributed by atoms with Crippen molar-refractivity contribution in [1.29, 1.82) is 0 Å². The lowest BCUT2D eigenvalue weighted by molar-refractivity contribution is 0.368. The largest absolute Gasteiger partial charge is 0.311 e. The lowest BCUT2D eigenvalue weighted by Gasteiger charge is -2.23. The minimum Gasteiger partial charge on any atom is -0.311 e. The quantitative estimate of drug-likeness (QED) is 0.639. The number of hydrogen-bond acceptors (Lipinski definition) is 2. The minimum absolute atomic E-state index is 0.732. The molecule has 0 heterocycles. The summed E-state index contributed by atoms with van der Waals surface area (Å²) >= 11 is 2.07. The maximum atomic E-state index is 3.89. The average Bonchev–Trinajstić information content (AvgIpc) is 3.05. The van der Waals surface area contributed by atoms with Crippen LogP contribution in [0.15, 0.2) is 0 Å². The van der Waals surface area contributed by atoms with Crippen LogP contribution in [0, 0.1) is 11.8 Å². The van der Waals surface area contributed by atoms with Crippen molar-refractivity contribution in [3.05, 3.63) is 0 Å². The fourth-order valence-corrected chi connectivity index (χ4v) is 3.19. The van der Waals surface area contributed by atoms with Crippen LogP contribution in [0.1, 0.15) is 46.0 Å². The first-order valence-corrected chi connectivity index (χ1v) is 7.80. The van der Waals surface area contributed by atoms with Crippen LogP contribution in [-0.4, -0.2) is 23.6 Å². The Morgan fingerprint density at radius 3 is 2.27 bits per heavy atom. The van der Waals surface area contributed by atoms with Gasteiger partial charge < -0.3 is 5.32 Å². The van der Waals surface area contributed by atoms with Crippen molar-refractivity contribution >= 4 is 11.8 Å². The topological polar surface area (TPSA) is 12.0 Å². The lowest BCUT2D eigenvalue weighted by Crippen LogP contribution is -2.39. The molecule has 2 heteroatoms. The summed E-state index contributed by atoms with van der Waals surface area (Å²) in [5.41, 5.74) is 0. The molecular weight excluding hydrogens is 202 g/mol. The number of rotatable bonds is 8. The highest BCUT2D eigenvalue weighted by Gasteiger charge is 2.41. The van der Waals surface area contributed by atoms with E-state index < -0.39 is 0 Å². The molecule has 0 bridgehead atoms. The van der Waals surface area contributed by atoms with E-state index in [0.717, 1.165) is 23.9 Å². The molecule has 0 spiro atoms. The van der Waals surface area contributed by atoms with Gasteiger partial charge in [0.2, 0.25) is 0 Å². The number of hydrogen-bond donors (Lipinski definition) is 1. The fraction of sp³-hybridized carbons (Fsp3) is 1.00. The molecule has 0 amide bonds. The van der Waals surface area contributed by atoms with E-state index >= 15 is 0 Å². The van der Waals surface area contributed by atoms with Crippen molar-refractivity contribution in [2.75, 3.05) is 11.5 Å². The first kappa shape index (κ1) is 11.8. The van der Waals surface area contributed by atoms with E-state index in [1.54, 1.807) is 0 Å². The first-order valence-electron chi connectivity index (χ1n) is 6.65. The highest BCUT2D eigenvalue weighted by atomic mass is 32.2. The molecule has 0 aliphatic heterocycles. The second kappa shape index (κ2) is 5.58. The van der Waals surface area contributed by atoms with Crippen LogP contribution in [0.3, 0.4) is 0 Å². The summed E-state index contributed by atoms with van der Waals surface area (Å²) in [5.74, 6) is 4.67. The Hall–Kier alpha value is 0.310. The SMILES string of the molecule is CCSCCC(C)NC(C1CC1)C1CC1. The second-order valence-electron chi connectivity index (χ2n) is 5.25. The third kappa shape index (κ3) is 3.99. The molecule has 1 N–H and O–H groups in total. The summed E-state index contributed by atoms with van der Waals surface area (Å²) in [7, 11) is 0. The van der Waals surface area contributed by atoms with Crippen LogP contribution >= 0.6 is 11.8 Å². The van der Waals surface area contributed by atoms with E-state index in [1.165, 1.54) is 43.6 Å². The molecule has 0 saturated heterocycles. The van der Waals surface area contributed by atoms with E-state index in [4.69, 9.17) is 0 Å². The van der Waals surface area contributed by atoms with E-state index in [0.29, 0.717) is 0 Å². The smallest absolute Gasteiger partial charge is 0.0126 e. The highest BCUT2D eigenvalue weighted by molar-refractivity contribution is 7.99. The van der Waals surface area contributed by atoms with Crippen LogP contribution in [-0.2, 0) is 0 Å². The van der Waals surface area contributed by atoms with Gasteiger partial charge in [0, 0.05) is 12.1 Å². The standard InChI is InChI=1S/C13H25NS/c1-3-15-9-8-10(2)14-13(11-4-5-11)12-6-7-12/h10-14H,3-9H2,1-2H3. The van der Waals surface area contributed by atoms with Gasteiger partial charge in [-0.25, -0.2) is 0 Å². The van der Waals surface area contributed by atoms with Gasteiger partial charge in [0.05, 0.1) is 0 Å². The summed E-state index contributed by atoms with van der Waals surface area (Å²) in [6, 6.07) is 1.61. The Morgan fingerprint density at radius 1 is 1.20 bits per heavy atom. The van der Waals surface area contributed by atoms with Crippen molar-refractivity contribution in [1.82, 2.24) is 5.32 Å². The molecule has 1 nitrogen and oxygen atoms in total. The molecule has 2 fully saturated rings. The fourth-order valence-electron chi connectivity index (χ4n) is 2.38. The molecular formula is C13H25NS. The molecule has 0 aromatic carbocycles. The van der Waals surface area contributed by atoms with Gasteiger partial charge in [0.25, 0.3) is 0 Å². The first-order chi connectivity index (χ1) is 7.31. The van der Waals surface area contributed by atoms with E-state index in [1.807, 2.05) is 0 Å². The summed E-state index contributed by atoms with van der Waals surface area (Å²) in [6.07, 6.45) is 7.30. The van der Waals surface area contributed by atoms with Crippen molar-refractivity contribution in [2.45, 2.75) is 58.0 Å². The van der Waals surface area contributed by atoms with Gasteiger partial charge in [-0.15, -0.1) is 0 Å². The minimum atomic E-state index is 0.732. The van der Waals surface area contributed by atoms with Gasteiger partial charge in [-0.3, -0.25) is 0 Å². The van der Waals surface area contributed by atoms with Gasteiger partial charge in [-0.2, -0.15) is 11.8 Å². The van der Waals surface area contributed by atoms with Gasteiger partial charge in [0.1, 0.15) is 0 Å². The second-order valence-corrected chi connectivity index (χ2v) is 6.65. The van der Waals surface area contributed by atoms with Crippen molar-refractivity contribution in [2.24, 2.45) is 11.8 Å². The predicted octanol–water partition coefficient (Wildman–Crippen LogP) is 3.30. The number of thioether (sulfide) groups is 1. The Kier molecular flexibility index (Phi) is 4.39. The third-order valence-electron chi connectivity index (χ3n) is 3.64. The van der Waals surface area contributed by atoms with Crippen LogP contribution in [0.5, 0.6) is 0 Å². The molecule has 1 unspecified atom stereocenters. The molecule has 2 saturated carbocycles. The highest BCUT2D eigenvalue weighted by Crippen LogP contribution is 2.44. The maximum Gasteiger partial charge on any atom is 0.0126 e. The Morgan fingerprint density at radius 2 is 1.80 bits per heavy atom. The molecule has 2 rings (SSSR count). The van der Waals surface area contributed by atoms with Crippen molar-refractivity contribution in [3.8, 4) is 0 Å². The van der Waals surface area contributed by atoms with E-state index in [-0.39, 0.29) is 0 Å². The Bertz CT molecular complexity index is 175. The predicted molar refractivity (Wildman–Crippen MR) is 69.4 cm³/mol. The molecule has 15 heavy (non-hydrogen) atoms. The molecule has 2 aliphatic rings. The maximum absolute atomic E-state index is 3.89. The summed E-state index contributed by atoms with van der Waals surface area (Å²) < 4.78 is 0. The van der Waals surface area contributed by atoms with Crippen molar-refractivity contribution < 1.29 is 0 Å². The summed E-state index contributed by atoms with van der Waals surface area (Å²) in [6.45, 7) is 4.62. The average molecular weight is 227 g/mol. The number of nitrogens with one attached hydrogen (secondary N) is 1. The van der Waals surface area contributed by atoms with Crippen molar-refractivity contribution in [3.63, 3.8) is 0 Å². The Balaban J connectivity index is 1.64. The molecule has 0 aromatic heterocycles. The Labute approximate surface area is 98.8 Å². The normalized spacial score (nSPS) is 23.4. The third-order valence-corrected chi connectivity index (χ3v) is 4.57. The molecule has 88 valence electrons. The zero-order valence-electron chi connectivity index (χ0n) is 10.2. The summed E-state index contributed by atoms with van der Waals surface area (Å²) in [5, 5.41) is 3.89. The van der Waals surface area contributed by atoms with Gasteiger partial charge in [0.15, 0.2) is 0 Å². The van der Waals surface area contributed by atoms with Gasteiger partial charge >= 0.3 is 0 Å². The monoisotopic (exact) mass is 227 g/mol. The van der Waals surface area contributed by atoms with Crippen LogP contribution < -0.4 is 5.32 Å². The van der Waals surface area contributed by atoms with Crippen LogP contribution in [0.2, 0.25) is 0 Å².